The first kappa shape index (κ1) is 15.4. The summed E-state index contributed by atoms with van der Waals surface area (Å²) in [6.07, 6.45) is 0. The number of rotatable bonds is 7. The highest BCUT2D eigenvalue weighted by Gasteiger charge is 2.05. The number of hydrogen-bond donors (Lipinski definition) is 1. The largest absolute Gasteiger partial charge is 0.496 e. The third-order valence-corrected chi connectivity index (χ3v) is 3.47. The van der Waals surface area contributed by atoms with Crippen molar-refractivity contribution in [1.29, 1.82) is 0 Å². The van der Waals surface area contributed by atoms with Gasteiger partial charge in [0.15, 0.2) is 0 Å². The highest BCUT2D eigenvalue weighted by molar-refractivity contribution is 5.45. The molecule has 0 atom stereocenters. The summed E-state index contributed by atoms with van der Waals surface area (Å²) in [5, 5.41) is 3.46. The van der Waals surface area contributed by atoms with Gasteiger partial charge in [0.1, 0.15) is 5.75 Å². The molecule has 0 saturated heterocycles. The number of nitrogens with one attached hydrogen (secondary N) is 1. The molecule has 0 aliphatic heterocycles. The fourth-order valence-corrected chi connectivity index (χ4v) is 2.35. The van der Waals surface area contributed by atoms with Crippen molar-refractivity contribution in [3.8, 4) is 5.75 Å². The molecule has 21 heavy (non-hydrogen) atoms. The average Bonchev–Trinajstić information content (AvgIpc) is 2.48. The number of methoxy groups -OCH3 is 1. The normalized spacial score (nSPS) is 10.7. The van der Waals surface area contributed by atoms with Gasteiger partial charge in [-0.3, -0.25) is 0 Å². The minimum Gasteiger partial charge on any atom is -0.496 e. The van der Waals surface area contributed by atoms with Crippen LogP contribution in [0.1, 0.15) is 11.1 Å². The van der Waals surface area contributed by atoms with Crippen molar-refractivity contribution in [2.45, 2.75) is 13.5 Å². The van der Waals surface area contributed by atoms with E-state index >= 15 is 0 Å². The number of likely N-dealkylation sites (N-methyl/N-ethyl adjacent to an activating group) is 1. The summed E-state index contributed by atoms with van der Waals surface area (Å²) in [4.78, 5) is 2.29. The second-order valence-corrected chi connectivity index (χ2v) is 5.35. The molecule has 0 amide bonds. The zero-order valence-electron chi connectivity index (χ0n) is 13.1. The molecule has 0 bridgehead atoms. The van der Waals surface area contributed by atoms with Crippen LogP contribution in [0.2, 0.25) is 0 Å². The van der Waals surface area contributed by atoms with Crippen LogP contribution in [-0.2, 0) is 6.54 Å². The summed E-state index contributed by atoms with van der Waals surface area (Å²) in [5.41, 5.74) is 3.68. The Balaban J connectivity index is 1.81. The van der Waals surface area contributed by atoms with Crippen molar-refractivity contribution < 1.29 is 4.74 Å². The smallest absolute Gasteiger partial charge is 0.123 e. The van der Waals surface area contributed by atoms with Crippen LogP contribution in [0, 0.1) is 6.92 Å². The number of benzene rings is 2. The maximum absolute atomic E-state index is 5.39. The summed E-state index contributed by atoms with van der Waals surface area (Å²) < 4.78 is 5.39. The molecule has 3 nitrogen and oxygen atoms in total. The predicted octanol–water partition coefficient (Wildman–Crippen LogP) is 3.55. The molecule has 0 aromatic heterocycles. The number of anilines is 1. The first-order chi connectivity index (χ1) is 10.2. The molecule has 0 fully saturated rings. The lowest BCUT2D eigenvalue weighted by atomic mass is 10.2. The maximum atomic E-state index is 5.39. The van der Waals surface area contributed by atoms with Gasteiger partial charge < -0.3 is 15.0 Å². The quantitative estimate of drug-likeness (QED) is 0.841. The van der Waals surface area contributed by atoms with Crippen LogP contribution in [0.3, 0.4) is 0 Å². The van der Waals surface area contributed by atoms with Crippen molar-refractivity contribution in [2.24, 2.45) is 0 Å². The molecule has 2 aromatic rings. The van der Waals surface area contributed by atoms with Crippen molar-refractivity contribution in [3.63, 3.8) is 0 Å². The molecule has 1 N–H and O–H groups in total. The van der Waals surface area contributed by atoms with Gasteiger partial charge in [-0.05, 0) is 37.7 Å². The molecule has 0 spiro atoms. The lowest BCUT2D eigenvalue weighted by Gasteiger charge is -2.19. The Morgan fingerprint density at radius 2 is 1.90 bits per heavy atom. The van der Waals surface area contributed by atoms with Crippen LogP contribution < -0.4 is 10.1 Å². The highest BCUT2D eigenvalue weighted by atomic mass is 16.5. The Bertz CT molecular complexity index is 569. The van der Waals surface area contributed by atoms with E-state index in [9.17, 15) is 0 Å². The number of nitrogens with zero attached hydrogens (tertiary/aromatic N) is 1. The molecule has 0 saturated carbocycles. The molecule has 112 valence electrons. The third kappa shape index (κ3) is 4.80. The van der Waals surface area contributed by atoms with E-state index in [2.05, 4.69) is 60.6 Å². The van der Waals surface area contributed by atoms with Crippen LogP contribution in [-0.4, -0.2) is 32.1 Å². The van der Waals surface area contributed by atoms with Gasteiger partial charge in [0.25, 0.3) is 0 Å². The fourth-order valence-electron chi connectivity index (χ4n) is 2.35. The van der Waals surface area contributed by atoms with Crippen molar-refractivity contribution in [1.82, 2.24) is 4.90 Å². The molecular weight excluding hydrogens is 260 g/mol. The van der Waals surface area contributed by atoms with Crippen molar-refractivity contribution >= 4 is 5.69 Å². The first-order valence-corrected chi connectivity index (χ1v) is 7.30. The van der Waals surface area contributed by atoms with Crippen molar-refractivity contribution in [3.05, 3.63) is 59.7 Å². The molecule has 0 heterocycles. The molecule has 3 heteroatoms. The van der Waals surface area contributed by atoms with Gasteiger partial charge in [-0.15, -0.1) is 0 Å². The minimum atomic E-state index is 0.888. The highest BCUT2D eigenvalue weighted by Crippen LogP contribution is 2.18. The second-order valence-electron chi connectivity index (χ2n) is 5.35. The van der Waals surface area contributed by atoms with E-state index in [1.165, 1.54) is 16.8 Å². The van der Waals surface area contributed by atoms with E-state index in [0.717, 1.165) is 25.4 Å². The van der Waals surface area contributed by atoms with Crippen molar-refractivity contribution in [2.75, 3.05) is 32.6 Å². The van der Waals surface area contributed by atoms with Gasteiger partial charge in [0.2, 0.25) is 0 Å². The number of ether oxygens (including phenoxy) is 1. The maximum Gasteiger partial charge on any atom is 0.123 e. The molecular formula is C18H24N2O. The van der Waals surface area contributed by atoms with E-state index in [4.69, 9.17) is 4.74 Å². The first-order valence-electron chi connectivity index (χ1n) is 7.30. The van der Waals surface area contributed by atoms with Crippen LogP contribution in [0.4, 0.5) is 5.69 Å². The lowest BCUT2D eigenvalue weighted by Crippen LogP contribution is -2.25. The Kier molecular flexibility index (Phi) is 5.64. The zero-order chi connectivity index (χ0) is 15.1. The number of aryl methyl sites for hydroxylation is 1. The van der Waals surface area contributed by atoms with Gasteiger partial charge in [-0.2, -0.15) is 0 Å². The molecule has 0 aliphatic rings. The van der Waals surface area contributed by atoms with Crippen LogP contribution >= 0.6 is 0 Å². The monoisotopic (exact) mass is 284 g/mol. The topological polar surface area (TPSA) is 24.5 Å². The van der Waals surface area contributed by atoms with Gasteiger partial charge in [0, 0.05) is 30.9 Å². The SMILES string of the molecule is COc1ccccc1CN(C)CCNc1cccc(C)c1. The van der Waals surface area contributed by atoms with E-state index in [1.54, 1.807) is 7.11 Å². The van der Waals surface area contributed by atoms with E-state index in [-0.39, 0.29) is 0 Å². The summed E-state index contributed by atoms with van der Waals surface area (Å²) in [6, 6.07) is 16.6. The van der Waals surface area contributed by atoms with Crippen LogP contribution in [0.5, 0.6) is 5.75 Å². The standard InChI is InChI=1S/C18H24N2O/c1-15-7-6-9-17(13-15)19-11-12-20(2)14-16-8-4-5-10-18(16)21-3/h4-10,13,19H,11-12,14H2,1-3H3. The fraction of sp³-hybridized carbons (Fsp3) is 0.333. The molecule has 0 radical (unpaired) electrons. The van der Waals surface area contributed by atoms with E-state index < -0.39 is 0 Å². The molecule has 2 rings (SSSR count). The van der Waals surface area contributed by atoms with Gasteiger partial charge in [-0.1, -0.05) is 30.3 Å². The van der Waals surface area contributed by atoms with E-state index in [0.29, 0.717) is 0 Å². The lowest BCUT2D eigenvalue weighted by molar-refractivity contribution is 0.328. The Morgan fingerprint density at radius 3 is 2.67 bits per heavy atom. The minimum absolute atomic E-state index is 0.888. The van der Waals surface area contributed by atoms with Gasteiger partial charge in [0.05, 0.1) is 7.11 Å². The Hall–Kier alpha value is -2.00. The molecule has 0 aliphatic carbocycles. The third-order valence-electron chi connectivity index (χ3n) is 3.47. The number of hydrogen-bond acceptors (Lipinski definition) is 3. The Morgan fingerprint density at radius 1 is 1.10 bits per heavy atom. The summed E-state index contributed by atoms with van der Waals surface area (Å²) >= 11 is 0. The average molecular weight is 284 g/mol. The second kappa shape index (κ2) is 7.70. The predicted molar refractivity (Wildman–Crippen MR) is 89.0 cm³/mol. The van der Waals surface area contributed by atoms with E-state index in [1.807, 2.05) is 12.1 Å². The number of para-hydroxylation sites is 1. The molecule has 2 aromatic carbocycles. The van der Waals surface area contributed by atoms with Crippen LogP contribution in [0.15, 0.2) is 48.5 Å². The van der Waals surface area contributed by atoms with Gasteiger partial charge in [-0.25, -0.2) is 0 Å². The zero-order valence-corrected chi connectivity index (χ0v) is 13.1. The summed E-state index contributed by atoms with van der Waals surface area (Å²) in [5.74, 6) is 0.955. The summed E-state index contributed by atoms with van der Waals surface area (Å²) in [6.45, 7) is 4.90. The van der Waals surface area contributed by atoms with Gasteiger partial charge >= 0.3 is 0 Å². The summed E-state index contributed by atoms with van der Waals surface area (Å²) in [7, 11) is 3.85. The molecule has 0 unspecified atom stereocenters. The van der Waals surface area contributed by atoms with Crippen LogP contribution in [0.25, 0.3) is 0 Å². The Labute approximate surface area is 127 Å².